The van der Waals surface area contributed by atoms with Crippen molar-refractivity contribution in [2.45, 2.75) is 137 Å². The number of aliphatic imine (C=N–C) groups is 3. The van der Waals surface area contributed by atoms with Crippen molar-refractivity contribution in [3.8, 4) is 0 Å². The van der Waals surface area contributed by atoms with Crippen molar-refractivity contribution in [1.29, 1.82) is 0 Å². The van der Waals surface area contributed by atoms with Gasteiger partial charge in [0.05, 0.1) is 51.2 Å². The van der Waals surface area contributed by atoms with Crippen LogP contribution >= 0.6 is 0 Å². The first-order chi connectivity index (χ1) is 41.0. The highest BCUT2D eigenvalue weighted by Crippen LogP contribution is 2.09. The van der Waals surface area contributed by atoms with Crippen molar-refractivity contribution in [3.63, 3.8) is 0 Å². The number of carboxylic acid groups (broad SMARTS) is 7. The lowest BCUT2D eigenvalue weighted by Crippen LogP contribution is -2.61. The lowest BCUT2D eigenvalue weighted by molar-refractivity contribution is -0.148. The first-order valence-electron chi connectivity index (χ1n) is 25.8. The van der Waals surface area contributed by atoms with Crippen LogP contribution in [0.2, 0.25) is 0 Å². The molecule has 0 aromatic carbocycles. The molecule has 0 aliphatic heterocycles. The van der Waals surface area contributed by atoms with Crippen molar-refractivity contribution in [2.24, 2.45) is 55.1 Å². The normalized spacial score (nSPS) is 14.0. The standard InChI is InChI=1S/C45H73N19O24/c46-17(4-1-7-53-43(47)48)33(78)56-18(5-2-8-54-44(49)50)34(79)57-19(6-3-9-55-45(51)52)35(80)58-20(10-27(66)67)36(81)59-21(11-28(68)69)37(82)61-24(14-31(74)75)40(85)64-26(16-65)41(86)62-22(12-29(70)71)38(83)60-23(13-30(72)73)39(84)63-25(42(87)88)15-32(76)77/h17-26,65H,1-16,46H2,(H,56,78)(H,57,79)(H,58,80)(H,59,81)(H,60,83)(H,61,82)(H,62,86)(H,63,84)(H,64,85)(H,66,67)(H,68,69)(H,70,71)(H,72,73)(H,74,75)(H,76,77)(H,87,88)(H4,47,48,53)(H4,49,50,54)(H4,51,52,55)/t17-,18-,19-,20-,21-,22-,23-,24-,25-,26-/m0/s1. The molecule has 43 nitrogen and oxygen atoms in total. The van der Waals surface area contributed by atoms with Gasteiger partial charge in [-0.05, 0) is 38.5 Å². The van der Waals surface area contributed by atoms with Gasteiger partial charge in [0, 0.05) is 19.6 Å². The van der Waals surface area contributed by atoms with E-state index in [1.54, 1.807) is 26.6 Å². The molecule has 0 aromatic heterocycles. The average molecular weight is 1260 g/mol. The highest BCUT2D eigenvalue weighted by atomic mass is 16.4. The number of nitrogens with two attached hydrogens (primary N) is 7. The fourth-order valence-electron chi connectivity index (χ4n) is 7.14. The Hall–Kier alpha value is -10.7. The third-order valence-corrected chi connectivity index (χ3v) is 11.3. The van der Waals surface area contributed by atoms with E-state index >= 15 is 0 Å². The van der Waals surface area contributed by atoms with Crippen LogP contribution < -0.4 is 88.0 Å². The van der Waals surface area contributed by atoms with Gasteiger partial charge in [0.2, 0.25) is 53.2 Å². The molecule has 0 heterocycles. The number of rotatable bonds is 44. The van der Waals surface area contributed by atoms with Crippen molar-refractivity contribution in [1.82, 2.24) is 47.9 Å². The molecule has 9 amide bonds. The second kappa shape index (κ2) is 39.7. The maximum atomic E-state index is 14.0. The number of aliphatic hydroxyl groups excluding tert-OH is 1. The maximum absolute atomic E-state index is 14.0. The van der Waals surface area contributed by atoms with Gasteiger partial charge >= 0.3 is 41.8 Å². The number of aliphatic hydroxyl groups is 1. The van der Waals surface area contributed by atoms with Gasteiger partial charge < -0.3 is 129 Å². The quantitative estimate of drug-likeness (QED) is 0.0153. The molecule has 0 spiro atoms. The predicted octanol–water partition coefficient (Wildman–Crippen LogP) is -12.2. The molecule has 43 heteroatoms. The summed E-state index contributed by atoms with van der Waals surface area (Å²) >= 11 is 0. The molecule has 0 bridgehead atoms. The van der Waals surface area contributed by atoms with Crippen LogP contribution in [0.3, 0.4) is 0 Å². The molecular formula is C45H73N19O24. The second-order valence-corrected chi connectivity index (χ2v) is 18.6. The van der Waals surface area contributed by atoms with Crippen molar-refractivity contribution in [2.75, 3.05) is 26.2 Å². The Bertz CT molecular complexity index is 2640. The van der Waals surface area contributed by atoms with E-state index in [9.17, 15) is 112 Å². The molecule has 0 saturated carbocycles. The summed E-state index contributed by atoms with van der Waals surface area (Å²) in [5.41, 5.74) is 38.2. The first kappa shape index (κ1) is 77.2. The molecule has 0 saturated heterocycles. The third-order valence-electron chi connectivity index (χ3n) is 11.3. The number of hydrogen-bond acceptors (Lipinski definition) is 21. The Labute approximate surface area is 496 Å². The minimum Gasteiger partial charge on any atom is -0.481 e. The summed E-state index contributed by atoms with van der Waals surface area (Å²) in [5, 5.41) is 93.6. The monoisotopic (exact) mass is 1260 g/mol. The number of amides is 9. The van der Waals surface area contributed by atoms with Crippen LogP contribution in [-0.2, 0) is 76.7 Å². The van der Waals surface area contributed by atoms with Gasteiger partial charge in [-0.3, -0.25) is 86.9 Å². The van der Waals surface area contributed by atoms with Crippen LogP contribution in [-0.4, -0.2) is 240 Å². The lowest BCUT2D eigenvalue weighted by atomic mass is 10.0. The molecule has 31 N–H and O–H groups in total. The number of hydrogen-bond donors (Lipinski definition) is 24. The molecular weight excluding hydrogens is 1190 g/mol. The van der Waals surface area contributed by atoms with Gasteiger partial charge in [-0.25, -0.2) is 4.79 Å². The summed E-state index contributed by atoms with van der Waals surface area (Å²) < 4.78 is 0. The fourth-order valence-corrected chi connectivity index (χ4v) is 7.14. The van der Waals surface area contributed by atoms with Crippen LogP contribution in [0.4, 0.5) is 0 Å². The Kier molecular flexibility index (Phi) is 34.9. The van der Waals surface area contributed by atoms with Gasteiger partial charge in [0.25, 0.3) is 0 Å². The van der Waals surface area contributed by atoms with Crippen LogP contribution in [0, 0.1) is 0 Å². The zero-order chi connectivity index (χ0) is 67.5. The van der Waals surface area contributed by atoms with Gasteiger partial charge in [-0.1, -0.05) is 0 Å². The molecule has 88 heavy (non-hydrogen) atoms. The number of carboxylic acids is 7. The van der Waals surface area contributed by atoms with E-state index in [2.05, 4.69) is 30.9 Å². The Morgan fingerprint density at radius 1 is 0.295 bits per heavy atom. The van der Waals surface area contributed by atoms with E-state index in [1.807, 2.05) is 5.32 Å². The number of carbonyl (C=O) groups excluding carboxylic acids is 9. The number of nitrogens with one attached hydrogen (secondary N) is 9. The minimum absolute atomic E-state index is 0.0233. The van der Waals surface area contributed by atoms with E-state index in [0.29, 0.717) is 0 Å². The summed E-state index contributed by atoms with van der Waals surface area (Å²) in [6, 6.07) is -20.7. The number of aliphatic carboxylic acids is 7. The van der Waals surface area contributed by atoms with Crippen LogP contribution in [0.1, 0.15) is 77.0 Å². The fraction of sp³-hybridized carbons (Fsp3) is 0.578. The van der Waals surface area contributed by atoms with Crippen molar-refractivity contribution in [3.05, 3.63) is 0 Å². The van der Waals surface area contributed by atoms with Crippen molar-refractivity contribution >= 4 is 113 Å². The molecule has 492 valence electrons. The van der Waals surface area contributed by atoms with E-state index in [0.717, 1.165) is 0 Å². The van der Waals surface area contributed by atoms with E-state index in [4.69, 9.17) is 45.2 Å². The topological polar surface area (TPSA) is 762 Å². The van der Waals surface area contributed by atoms with E-state index in [-0.39, 0.29) is 76.0 Å². The SMILES string of the molecule is NC(N)=NCCC[C@H](NC(=O)[C@H](CCCN=C(N)N)NC(=O)[C@@H](N)CCCN=C(N)N)C(=O)N[C@@H](CC(=O)O)C(=O)N[C@@H](CC(=O)O)C(=O)N[C@@H](CC(=O)O)C(=O)N[C@@H](CO)C(=O)N[C@@H](CC(=O)O)C(=O)N[C@@H](CC(=O)O)C(=O)N[C@@H](CC(=O)O)C(=O)O. The molecule has 0 aliphatic rings. The van der Waals surface area contributed by atoms with E-state index < -0.39 is 200 Å². The molecule has 0 aromatic rings. The lowest BCUT2D eigenvalue weighted by Gasteiger charge is -2.27. The predicted molar refractivity (Wildman–Crippen MR) is 293 cm³/mol. The Morgan fingerprint density at radius 2 is 0.500 bits per heavy atom. The summed E-state index contributed by atoms with van der Waals surface area (Å²) in [5.74, 6) is -27.1. The Morgan fingerprint density at radius 3 is 0.750 bits per heavy atom. The second-order valence-electron chi connectivity index (χ2n) is 18.6. The highest BCUT2D eigenvalue weighted by Gasteiger charge is 2.38. The summed E-state index contributed by atoms with van der Waals surface area (Å²) in [7, 11) is 0. The summed E-state index contributed by atoms with van der Waals surface area (Å²) in [6.07, 6.45) is -8.60. The third kappa shape index (κ3) is 32.9. The largest absolute Gasteiger partial charge is 0.481 e. The van der Waals surface area contributed by atoms with Crippen LogP contribution in [0.25, 0.3) is 0 Å². The number of nitrogens with zero attached hydrogens (tertiary/aromatic N) is 3. The van der Waals surface area contributed by atoms with Gasteiger partial charge in [0.15, 0.2) is 17.9 Å². The summed E-state index contributed by atoms with van der Waals surface area (Å²) in [6.45, 7) is -1.63. The molecule has 0 aliphatic carbocycles. The molecule has 10 atom stereocenters. The summed E-state index contributed by atoms with van der Waals surface area (Å²) in [4.78, 5) is 215. The van der Waals surface area contributed by atoms with Gasteiger partial charge in [-0.2, -0.15) is 0 Å². The molecule has 0 radical (unpaired) electrons. The number of carbonyl (C=O) groups is 16. The van der Waals surface area contributed by atoms with E-state index in [1.165, 1.54) is 0 Å². The van der Waals surface area contributed by atoms with Crippen LogP contribution in [0.5, 0.6) is 0 Å². The highest BCUT2D eigenvalue weighted by molar-refractivity contribution is 6.01. The van der Waals surface area contributed by atoms with Gasteiger partial charge in [0.1, 0.15) is 54.4 Å². The molecule has 0 fully saturated rings. The maximum Gasteiger partial charge on any atom is 0.326 e. The minimum atomic E-state index is -2.41. The molecule has 0 unspecified atom stereocenters. The van der Waals surface area contributed by atoms with Crippen LogP contribution in [0.15, 0.2) is 15.0 Å². The van der Waals surface area contributed by atoms with Crippen molar-refractivity contribution < 1.29 is 118 Å². The zero-order valence-corrected chi connectivity index (χ0v) is 46.6. The average Bonchev–Trinajstić information content (AvgIpc) is 3.58. The number of guanidine groups is 3. The first-order valence-corrected chi connectivity index (χ1v) is 25.8. The van der Waals surface area contributed by atoms with Gasteiger partial charge in [-0.15, -0.1) is 0 Å². The smallest absolute Gasteiger partial charge is 0.326 e. The molecule has 0 rings (SSSR count). The zero-order valence-electron chi connectivity index (χ0n) is 46.6. The Balaban J connectivity index is 6.89.